The van der Waals surface area contributed by atoms with Crippen LogP contribution in [0, 0.1) is 11.6 Å². The zero-order valence-corrected chi connectivity index (χ0v) is 20.3. The van der Waals surface area contributed by atoms with Gasteiger partial charge in [-0.25, -0.2) is 8.78 Å². The molecule has 0 bridgehead atoms. The van der Waals surface area contributed by atoms with Gasteiger partial charge in [-0.3, -0.25) is 19.2 Å². The first kappa shape index (κ1) is 28.0. The highest BCUT2D eigenvalue weighted by Crippen LogP contribution is 2.30. The molecular formula is C23H22F2N2O6S2. The number of aldehydes is 1. The molecule has 12 heteroatoms. The highest BCUT2D eigenvalue weighted by Gasteiger charge is 2.24. The normalized spacial score (nSPS) is 12.3. The quantitative estimate of drug-likeness (QED) is 0.405. The zero-order valence-electron chi connectivity index (χ0n) is 18.7. The summed E-state index contributed by atoms with van der Waals surface area (Å²) in [5.74, 6) is -3.22. The smallest absolute Gasteiger partial charge is 0.223 e. The minimum atomic E-state index is -1.10. The lowest BCUT2D eigenvalue weighted by atomic mass is 10.0. The number of hydrogen-bond acceptors (Lipinski definition) is 8. The molecule has 0 saturated heterocycles. The Balaban J connectivity index is 2.13. The van der Waals surface area contributed by atoms with Gasteiger partial charge in [0.05, 0.1) is 11.6 Å². The van der Waals surface area contributed by atoms with Crippen molar-refractivity contribution in [2.45, 2.75) is 25.9 Å². The number of halogens is 2. The van der Waals surface area contributed by atoms with Crippen LogP contribution in [0.4, 0.5) is 8.78 Å². The highest BCUT2D eigenvalue weighted by atomic mass is 32.2. The Bertz CT molecular complexity index is 1140. The van der Waals surface area contributed by atoms with E-state index in [0.717, 1.165) is 6.07 Å². The van der Waals surface area contributed by atoms with Crippen LogP contribution in [0.25, 0.3) is 11.1 Å². The maximum absolute atomic E-state index is 14.1. The van der Waals surface area contributed by atoms with E-state index in [1.54, 1.807) is 0 Å². The third kappa shape index (κ3) is 8.48. The van der Waals surface area contributed by atoms with Crippen molar-refractivity contribution < 1.29 is 37.9 Å². The van der Waals surface area contributed by atoms with Crippen LogP contribution in [0.1, 0.15) is 24.2 Å². The first-order valence-electron chi connectivity index (χ1n) is 10.1. The second-order valence-electron chi connectivity index (χ2n) is 7.28. The maximum Gasteiger partial charge on any atom is 0.223 e. The molecule has 2 unspecified atom stereocenters. The molecule has 0 aliphatic rings. The van der Waals surface area contributed by atoms with Crippen molar-refractivity contribution in [1.82, 2.24) is 10.6 Å². The average molecular weight is 525 g/mol. The number of phenols is 1. The number of amides is 2. The number of benzene rings is 2. The van der Waals surface area contributed by atoms with Gasteiger partial charge in [-0.15, -0.1) is 0 Å². The molecule has 35 heavy (non-hydrogen) atoms. The summed E-state index contributed by atoms with van der Waals surface area (Å²) < 4.78 is 27.4. The summed E-state index contributed by atoms with van der Waals surface area (Å²) in [6.45, 7) is 2.41. The Kier molecular flexibility index (Phi) is 10.4. The number of aromatic hydroxyl groups is 1. The van der Waals surface area contributed by atoms with Crippen molar-refractivity contribution in [3.05, 3.63) is 53.6 Å². The third-order valence-corrected chi connectivity index (χ3v) is 6.54. The molecule has 0 spiro atoms. The highest BCUT2D eigenvalue weighted by molar-refractivity contribution is 8.15. The van der Waals surface area contributed by atoms with Gasteiger partial charge in [-0.05, 0) is 29.8 Å². The minimum Gasteiger partial charge on any atom is -0.507 e. The van der Waals surface area contributed by atoms with Crippen LogP contribution in [0.15, 0.2) is 36.4 Å². The molecule has 2 aromatic rings. The van der Waals surface area contributed by atoms with Gasteiger partial charge in [-0.1, -0.05) is 29.6 Å². The molecular weight excluding hydrogens is 502 g/mol. The SMILES string of the molecule is CC(=O)NC(C=O)CSC(=O)C(CSC(=O)c1cc(-c2ccc(F)cc2F)ccc1O)NC(C)=O. The Labute approximate surface area is 208 Å². The summed E-state index contributed by atoms with van der Waals surface area (Å²) in [7, 11) is 0. The number of nitrogens with one attached hydrogen (secondary N) is 2. The predicted octanol–water partition coefficient (Wildman–Crippen LogP) is 2.68. The molecule has 3 N–H and O–H groups in total. The number of carbonyl (C=O) groups is 5. The summed E-state index contributed by atoms with van der Waals surface area (Å²) in [6.07, 6.45) is 0.479. The van der Waals surface area contributed by atoms with Gasteiger partial charge in [-0.2, -0.15) is 0 Å². The van der Waals surface area contributed by atoms with E-state index in [1.165, 1.54) is 38.1 Å². The van der Waals surface area contributed by atoms with E-state index < -0.39 is 45.8 Å². The lowest BCUT2D eigenvalue weighted by Crippen LogP contribution is -2.42. The Morgan fingerprint density at radius 3 is 2.26 bits per heavy atom. The van der Waals surface area contributed by atoms with Crippen LogP contribution in [-0.4, -0.2) is 57.0 Å². The molecule has 0 radical (unpaired) electrons. The van der Waals surface area contributed by atoms with Crippen LogP contribution in [0.2, 0.25) is 0 Å². The molecule has 2 aromatic carbocycles. The average Bonchev–Trinajstić information content (AvgIpc) is 2.79. The Morgan fingerprint density at radius 1 is 0.971 bits per heavy atom. The van der Waals surface area contributed by atoms with E-state index in [0.29, 0.717) is 35.9 Å². The van der Waals surface area contributed by atoms with E-state index in [2.05, 4.69) is 10.6 Å². The van der Waals surface area contributed by atoms with E-state index in [-0.39, 0.29) is 33.9 Å². The van der Waals surface area contributed by atoms with Gasteiger partial charge in [0.1, 0.15) is 29.7 Å². The lowest BCUT2D eigenvalue weighted by Gasteiger charge is -2.17. The minimum absolute atomic E-state index is 0.0250. The number of rotatable bonds is 10. The molecule has 0 fully saturated rings. The van der Waals surface area contributed by atoms with Gasteiger partial charge < -0.3 is 20.5 Å². The van der Waals surface area contributed by atoms with Gasteiger partial charge in [0.15, 0.2) is 0 Å². The fourth-order valence-corrected chi connectivity index (χ4v) is 4.72. The molecule has 0 saturated carbocycles. The molecule has 2 rings (SSSR count). The van der Waals surface area contributed by atoms with Crippen molar-refractivity contribution in [2.24, 2.45) is 0 Å². The van der Waals surface area contributed by atoms with Crippen molar-refractivity contribution in [1.29, 1.82) is 0 Å². The van der Waals surface area contributed by atoms with Gasteiger partial charge >= 0.3 is 0 Å². The molecule has 8 nitrogen and oxygen atoms in total. The van der Waals surface area contributed by atoms with Gasteiger partial charge in [0.25, 0.3) is 0 Å². The summed E-state index contributed by atoms with van der Waals surface area (Å²) in [4.78, 5) is 59.0. The second kappa shape index (κ2) is 13.0. The van der Waals surface area contributed by atoms with E-state index in [9.17, 15) is 37.9 Å². The fourth-order valence-electron chi connectivity index (χ4n) is 2.89. The van der Waals surface area contributed by atoms with Crippen molar-refractivity contribution in [3.8, 4) is 16.9 Å². The van der Waals surface area contributed by atoms with E-state index in [4.69, 9.17) is 0 Å². The van der Waals surface area contributed by atoms with Crippen LogP contribution < -0.4 is 10.6 Å². The van der Waals surface area contributed by atoms with Crippen molar-refractivity contribution >= 4 is 51.9 Å². The summed E-state index contributed by atoms with van der Waals surface area (Å²) in [5, 5.41) is 13.7. The number of hydrogen-bond donors (Lipinski definition) is 3. The predicted molar refractivity (Wildman–Crippen MR) is 129 cm³/mol. The molecule has 0 heterocycles. The van der Waals surface area contributed by atoms with Crippen molar-refractivity contribution in [3.63, 3.8) is 0 Å². The van der Waals surface area contributed by atoms with Crippen LogP contribution in [0.5, 0.6) is 5.75 Å². The fraction of sp³-hybridized carbons (Fsp3) is 0.261. The van der Waals surface area contributed by atoms with E-state index >= 15 is 0 Å². The summed E-state index contributed by atoms with van der Waals surface area (Å²) >= 11 is 1.35. The molecule has 2 amide bonds. The van der Waals surface area contributed by atoms with Gasteiger partial charge in [0, 0.05) is 37.0 Å². The summed E-state index contributed by atoms with van der Waals surface area (Å²) in [6, 6.07) is 4.76. The number of carbonyl (C=O) groups excluding carboxylic acids is 5. The Morgan fingerprint density at radius 2 is 1.66 bits per heavy atom. The van der Waals surface area contributed by atoms with Crippen LogP contribution in [-0.2, 0) is 19.2 Å². The molecule has 186 valence electrons. The Hall–Kier alpha value is -3.25. The maximum atomic E-state index is 14.1. The standard InChI is InChI=1S/C23H22F2N2O6S2/c1-12(29)26-16(9-28)10-34-23(33)20(27-13(2)30)11-35-22(32)18-7-14(3-6-21(18)31)17-5-4-15(24)8-19(17)25/h3-9,16,20,31H,10-11H2,1-2H3,(H,26,29)(H,27,30). The zero-order chi connectivity index (χ0) is 26.1. The van der Waals surface area contributed by atoms with Crippen LogP contribution >= 0.6 is 23.5 Å². The second-order valence-corrected chi connectivity index (χ2v) is 9.30. The first-order valence-corrected chi connectivity index (χ1v) is 12.1. The molecule has 0 aromatic heterocycles. The molecule has 0 aliphatic heterocycles. The molecule has 2 atom stereocenters. The van der Waals surface area contributed by atoms with Gasteiger partial charge in [0.2, 0.25) is 22.0 Å². The largest absolute Gasteiger partial charge is 0.507 e. The monoisotopic (exact) mass is 524 g/mol. The molecule has 0 aliphatic carbocycles. The van der Waals surface area contributed by atoms with E-state index in [1.807, 2.05) is 0 Å². The number of phenolic OH excluding ortho intramolecular Hbond substituents is 1. The topological polar surface area (TPSA) is 130 Å². The summed E-state index contributed by atoms with van der Waals surface area (Å²) in [5.41, 5.74) is 0.0915. The third-order valence-electron chi connectivity index (χ3n) is 4.46. The lowest BCUT2D eigenvalue weighted by molar-refractivity contribution is -0.122. The van der Waals surface area contributed by atoms with Crippen molar-refractivity contribution in [2.75, 3.05) is 11.5 Å². The number of thioether (sulfide) groups is 2. The van der Waals surface area contributed by atoms with Crippen LogP contribution in [0.3, 0.4) is 0 Å². The first-order chi connectivity index (χ1) is 16.5.